The van der Waals surface area contributed by atoms with Crippen molar-refractivity contribution in [3.8, 4) is 0 Å². The Kier molecular flexibility index (Phi) is 4.33. The van der Waals surface area contributed by atoms with E-state index in [2.05, 4.69) is 4.98 Å². The summed E-state index contributed by atoms with van der Waals surface area (Å²) in [5.74, 6) is 0. The van der Waals surface area contributed by atoms with Gasteiger partial charge in [0.1, 0.15) is 6.10 Å². The third-order valence-corrected chi connectivity index (χ3v) is 4.44. The van der Waals surface area contributed by atoms with Gasteiger partial charge in [-0.3, -0.25) is 4.98 Å². The molecule has 0 saturated heterocycles. The van der Waals surface area contributed by atoms with Gasteiger partial charge in [0, 0.05) is 21.5 Å². The van der Waals surface area contributed by atoms with Crippen LogP contribution < -0.4 is 0 Å². The minimum atomic E-state index is -4.52. The van der Waals surface area contributed by atoms with Gasteiger partial charge in [-0.1, -0.05) is 18.2 Å². The molecule has 1 heterocycles. The molecule has 20 heavy (non-hydrogen) atoms. The minimum Gasteiger partial charge on any atom is -0.384 e. The number of hydrogen-bond acceptors (Lipinski definition) is 2. The summed E-state index contributed by atoms with van der Waals surface area (Å²) in [5.41, 5.74) is 0.254. The molecule has 0 amide bonds. The Bertz CT molecular complexity index is 628. The zero-order chi connectivity index (χ0) is 14.9. The molecule has 2 aromatic rings. The fourth-order valence-electron chi connectivity index (χ4n) is 1.93. The van der Waals surface area contributed by atoms with Gasteiger partial charge < -0.3 is 5.11 Å². The molecule has 2 nitrogen and oxygen atoms in total. The lowest BCUT2D eigenvalue weighted by Gasteiger charge is -2.18. The summed E-state index contributed by atoms with van der Waals surface area (Å²) in [4.78, 5) is 3.70. The number of aliphatic hydroxyl groups is 1. The van der Waals surface area contributed by atoms with Crippen molar-refractivity contribution in [2.24, 2.45) is 0 Å². The predicted octanol–water partition coefficient (Wildman–Crippen LogP) is 4.10. The molecule has 0 spiro atoms. The van der Waals surface area contributed by atoms with Crippen LogP contribution in [-0.4, -0.2) is 10.1 Å². The van der Waals surface area contributed by atoms with Gasteiger partial charge in [-0.2, -0.15) is 13.2 Å². The molecular weight excluding hydrogens is 382 g/mol. The van der Waals surface area contributed by atoms with E-state index in [0.717, 1.165) is 27.6 Å². The van der Waals surface area contributed by atoms with Crippen LogP contribution in [0.1, 0.15) is 28.4 Å². The summed E-state index contributed by atoms with van der Waals surface area (Å²) in [6.07, 6.45) is -3.74. The molecule has 0 saturated carbocycles. The molecule has 2 rings (SSSR count). The van der Waals surface area contributed by atoms with Crippen LogP contribution in [0.5, 0.6) is 0 Å². The number of nitrogens with zero attached hydrogens (tertiary/aromatic N) is 1. The summed E-state index contributed by atoms with van der Waals surface area (Å²) in [6.45, 7) is 1.84. The van der Waals surface area contributed by atoms with E-state index in [0.29, 0.717) is 5.56 Å². The van der Waals surface area contributed by atoms with Crippen molar-refractivity contribution >= 4 is 22.6 Å². The molecule has 1 atom stereocenters. The van der Waals surface area contributed by atoms with E-state index < -0.39 is 17.8 Å². The van der Waals surface area contributed by atoms with Crippen molar-refractivity contribution < 1.29 is 18.3 Å². The van der Waals surface area contributed by atoms with Crippen LogP contribution in [0.15, 0.2) is 36.7 Å². The zero-order valence-electron chi connectivity index (χ0n) is 10.4. The number of rotatable bonds is 2. The second-order valence-corrected chi connectivity index (χ2v) is 5.42. The van der Waals surface area contributed by atoms with E-state index in [1.54, 1.807) is 12.1 Å². The molecule has 0 aliphatic carbocycles. The molecule has 1 aromatic heterocycles. The van der Waals surface area contributed by atoms with Crippen molar-refractivity contribution in [2.45, 2.75) is 19.2 Å². The number of benzene rings is 1. The highest BCUT2D eigenvalue weighted by Crippen LogP contribution is 2.37. The first-order valence-electron chi connectivity index (χ1n) is 5.76. The van der Waals surface area contributed by atoms with Gasteiger partial charge in [0.25, 0.3) is 0 Å². The molecule has 0 aliphatic rings. The Balaban J connectivity index is 2.55. The molecule has 1 N–H and O–H groups in total. The van der Waals surface area contributed by atoms with E-state index in [9.17, 15) is 18.3 Å². The smallest absolute Gasteiger partial charge is 0.384 e. The van der Waals surface area contributed by atoms with Gasteiger partial charge in [0.05, 0.1) is 5.56 Å². The van der Waals surface area contributed by atoms with Gasteiger partial charge in [0.2, 0.25) is 0 Å². The summed E-state index contributed by atoms with van der Waals surface area (Å²) in [5, 5.41) is 10.3. The first-order valence-corrected chi connectivity index (χ1v) is 6.84. The van der Waals surface area contributed by atoms with Crippen LogP contribution in [0, 0.1) is 10.5 Å². The van der Waals surface area contributed by atoms with Gasteiger partial charge in [-0.25, -0.2) is 0 Å². The molecule has 0 fully saturated rings. The Morgan fingerprint density at radius 2 is 1.90 bits per heavy atom. The van der Waals surface area contributed by atoms with Crippen LogP contribution in [0.25, 0.3) is 0 Å². The highest BCUT2D eigenvalue weighted by atomic mass is 127. The molecule has 1 aromatic carbocycles. The van der Waals surface area contributed by atoms with Gasteiger partial charge in [-0.15, -0.1) is 0 Å². The lowest BCUT2D eigenvalue weighted by Crippen LogP contribution is -2.14. The van der Waals surface area contributed by atoms with E-state index in [1.807, 2.05) is 35.6 Å². The topological polar surface area (TPSA) is 33.1 Å². The van der Waals surface area contributed by atoms with Crippen LogP contribution in [0.2, 0.25) is 0 Å². The Hall–Kier alpha value is -1.15. The number of aliphatic hydroxyl groups excluding tert-OH is 1. The third kappa shape index (κ3) is 2.95. The first kappa shape index (κ1) is 15.2. The highest BCUT2D eigenvalue weighted by Gasteiger charge is 2.35. The maximum atomic E-state index is 13.0. The van der Waals surface area contributed by atoms with E-state index in [4.69, 9.17) is 0 Å². The van der Waals surface area contributed by atoms with Crippen molar-refractivity contribution in [1.82, 2.24) is 4.98 Å². The molecular formula is C14H11F3INO. The van der Waals surface area contributed by atoms with E-state index in [-0.39, 0.29) is 5.56 Å². The fourth-order valence-corrected chi connectivity index (χ4v) is 2.59. The van der Waals surface area contributed by atoms with Crippen LogP contribution >= 0.6 is 22.6 Å². The van der Waals surface area contributed by atoms with E-state index >= 15 is 0 Å². The first-order chi connectivity index (χ1) is 9.32. The molecule has 106 valence electrons. The second-order valence-electron chi connectivity index (χ2n) is 4.34. The molecule has 6 heteroatoms. The van der Waals surface area contributed by atoms with Crippen molar-refractivity contribution in [2.75, 3.05) is 0 Å². The quantitative estimate of drug-likeness (QED) is 0.780. The lowest BCUT2D eigenvalue weighted by molar-refractivity contribution is -0.139. The van der Waals surface area contributed by atoms with Crippen molar-refractivity contribution in [1.29, 1.82) is 0 Å². The van der Waals surface area contributed by atoms with Gasteiger partial charge >= 0.3 is 6.18 Å². The van der Waals surface area contributed by atoms with Crippen molar-refractivity contribution in [3.05, 3.63) is 62.5 Å². The number of alkyl halides is 3. The fraction of sp³-hybridized carbons (Fsp3) is 0.214. The Labute approximate surface area is 127 Å². The standard InChI is InChI=1S/C14H11F3INO/c1-8-3-2-4-9(12(8)18)13(20)10-7-19-6-5-11(10)14(15,16)17/h2-7,13,20H,1H3. The summed E-state index contributed by atoms with van der Waals surface area (Å²) < 4.78 is 39.6. The molecule has 1 unspecified atom stereocenters. The minimum absolute atomic E-state index is 0.233. The van der Waals surface area contributed by atoms with Crippen LogP contribution in [0.4, 0.5) is 13.2 Å². The van der Waals surface area contributed by atoms with Gasteiger partial charge in [0.15, 0.2) is 0 Å². The average Bonchev–Trinajstić information content (AvgIpc) is 2.40. The number of hydrogen-bond donors (Lipinski definition) is 1. The SMILES string of the molecule is Cc1cccc(C(O)c2cnccc2C(F)(F)F)c1I. The highest BCUT2D eigenvalue weighted by molar-refractivity contribution is 14.1. The van der Waals surface area contributed by atoms with Crippen LogP contribution in [-0.2, 0) is 6.18 Å². The lowest BCUT2D eigenvalue weighted by atomic mass is 9.97. The van der Waals surface area contributed by atoms with E-state index in [1.165, 1.54) is 0 Å². The maximum absolute atomic E-state index is 13.0. The predicted molar refractivity (Wildman–Crippen MR) is 77.2 cm³/mol. The molecule has 0 bridgehead atoms. The molecule has 0 aliphatic heterocycles. The number of pyridine rings is 1. The summed E-state index contributed by atoms with van der Waals surface area (Å²) in [6, 6.07) is 6.04. The largest absolute Gasteiger partial charge is 0.416 e. The monoisotopic (exact) mass is 393 g/mol. The second kappa shape index (κ2) is 5.69. The number of aromatic nitrogens is 1. The van der Waals surface area contributed by atoms with Crippen molar-refractivity contribution in [3.63, 3.8) is 0 Å². The molecule has 0 radical (unpaired) electrons. The maximum Gasteiger partial charge on any atom is 0.416 e. The van der Waals surface area contributed by atoms with Gasteiger partial charge in [-0.05, 0) is 46.7 Å². The normalized spacial score (nSPS) is 13.3. The average molecular weight is 393 g/mol. The Morgan fingerprint density at radius 3 is 2.55 bits per heavy atom. The van der Waals surface area contributed by atoms with Crippen LogP contribution in [0.3, 0.4) is 0 Å². The number of aryl methyl sites for hydroxylation is 1. The Morgan fingerprint density at radius 1 is 1.20 bits per heavy atom. The summed E-state index contributed by atoms with van der Waals surface area (Å²) >= 11 is 2.02. The third-order valence-electron chi connectivity index (χ3n) is 2.97. The number of halogens is 4. The zero-order valence-corrected chi connectivity index (χ0v) is 12.6. The summed E-state index contributed by atoms with van der Waals surface area (Å²) in [7, 11) is 0.